The Hall–Kier alpha value is -3.67. The van der Waals surface area contributed by atoms with Crippen LogP contribution in [0, 0.1) is 0 Å². The number of amides is 2. The fraction of sp³-hybridized carbons (Fsp3) is 0.174. The van der Waals surface area contributed by atoms with Crippen molar-refractivity contribution >= 4 is 17.7 Å². The average Bonchev–Trinajstić information content (AvgIpc) is 2.73. The van der Waals surface area contributed by atoms with E-state index < -0.39 is 6.09 Å². The molecule has 6 nitrogen and oxygen atoms in total. The smallest absolute Gasteiger partial charge is 0.407 e. The highest BCUT2D eigenvalue weighted by atomic mass is 16.6. The molecule has 29 heavy (non-hydrogen) atoms. The maximum absolute atomic E-state index is 12.8. The first-order chi connectivity index (χ1) is 14.0. The van der Waals surface area contributed by atoms with Crippen LogP contribution in [0.2, 0.25) is 0 Å². The van der Waals surface area contributed by atoms with Gasteiger partial charge in [-0.2, -0.15) is 0 Å². The molecule has 0 spiro atoms. The second-order valence-corrected chi connectivity index (χ2v) is 6.68. The van der Waals surface area contributed by atoms with Crippen molar-refractivity contribution in [3.05, 3.63) is 84.2 Å². The van der Waals surface area contributed by atoms with E-state index in [0.717, 1.165) is 11.1 Å². The van der Waals surface area contributed by atoms with Gasteiger partial charge in [-0.05, 0) is 43.2 Å². The first kappa shape index (κ1) is 20.1. The van der Waals surface area contributed by atoms with Gasteiger partial charge >= 0.3 is 6.09 Å². The van der Waals surface area contributed by atoms with Gasteiger partial charge < -0.3 is 15.4 Å². The molecule has 3 rings (SSSR count). The van der Waals surface area contributed by atoms with Crippen molar-refractivity contribution < 1.29 is 14.3 Å². The van der Waals surface area contributed by atoms with Crippen molar-refractivity contribution in [2.45, 2.75) is 26.5 Å². The second-order valence-electron chi connectivity index (χ2n) is 6.68. The van der Waals surface area contributed by atoms with Crippen LogP contribution in [0.5, 0.6) is 0 Å². The fourth-order valence-electron chi connectivity index (χ4n) is 2.88. The van der Waals surface area contributed by atoms with Gasteiger partial charge in [-0.25, -0.2) is 4.79 Å². The fourth-order valence-corrected chi connectivity index (χ4v) is 2.88. The summed E-state index contributed by atoms with van der Waals surface area (Å²) in [5.41, 5.74) is 3.38. The van der Waals surface area contributed by atoms with Crippen LogP contribution in [0.4, 0.5) is 10.5 Å². The molecule has 2 amide bonds. The molecule has 0 aliphatic carbocycles. The molecular formula is C23H23N3O3. The highest BCUT2D eigenvalue weighted by Gasteiger charge is 2.17. The Labute approximate surface area is 169 Å². The third-order valence-corrected chi connectivity index (χ3v) is 4.13. The lowest BCUT2D eigenvalue weighted by Crippen LogP contribution is -2.26. The highest BCUT2D eigenvalue weighted by molar-refractivity contribution is 6.07. The Balaban J connectivity index is 1.86. The number of aromatic nitrogens is 1. The number of benzene rings is 2. The number of nitrogens with zero attached hydrogens (tertiary/aromatic N) is 1. The normalized spacial score (nSPS) is 10.4. The van der Waals surface area contributed by atoms with Gasteiger partial charge in [0.1, 0.15) is 5.69 Å². The number of hydrogen-bond acceptors (Lipinski definition) is 4. The number of alkyl carbamates (subject to hydrolysis) is 1. The summed E-state index contributed by atoms with van der Waals surface area (Å²) < 4.78 is 5.12. The average molecular weight is 389 g/mol. The molecule has 0 saturated heterocycles. The minimum Gasteiger partial charge on any atom is -0.447 e. The molecule has 0 saturated carbocycles. The van der Waals surface area contributed by atoms with Crippen LogP contribution in [0.15, 0.2) is 72.9 Å². The van der Waals surface area contributed by atoms with Crippen molar-refractivity contribution in [3.8, 4) is 11.1 Å². The molecule has 1 heterocycles. The zero-order valence-electron chi connectivity index (χ0n) is 16.4. The summed E-state index contributed by atoms with van der Waals surface area (Å²) in [6.45, 7) is 3.86. The maximum atomic E-state index is 12.8. The minimum absolute atomic E-state index is 0.197. The van der Waals surface area contributed by atoms with E-state index in [2.05, 4.69) is 15.6 Å². The van der Waals surface area contributed by atoms with E-state index in [4.69, 9.17) is 4.74 Å². The number of nitrogens with one attached hydrogen (secondary N) is 2. The molecule has 0 aliphatic heterocycles. The lowest BCUT2D eigenvalue weighted by molar-refractivity contribution is 0.102. The molecular weight excluding hydrogens is 366 g/mol. The van der Waals surface area contributed by atoms with Crippen LogP contribution >= 0.6 is 0 Å². The van der Waals surface area contributed by atoms with Crippen molar-refractivity contribution in [1.29, 1.82) is 0 Å². The minimum atomic E-state index is -0.483. The Morgan fingerprint density at radius 2 is 1.62 bits per heavy atom. The van der Waals surface area contributed by atoms with E-state index in [-0.39, 0.29) is 18.6 Å². The summed E-state index contributed by atoms with van der Waals surface area (Å²) in [5.74, 6) is -0.297. The van der Waals surface area contributed by atoms with Gasteiger partial charge in [-0.1, -0.05) is 48.5 Å². The van der Waals surface area contributed by atoms with Gasteiger partial charge in [0, 0.05) is 24.0 Å². The predicted molar refractivity (Wildman–Crippen MR) is 113 cm³/mol. The first-order valence-corrected chi connectivity index (χ1v) is 9.39. The Morgan fingerprint density at radius 1 is 0.931 bits per heavy atom. The molecule has 0 radical (unpaired) electrons. The van der Waals surface area contributed by atoms with E-state index in [0.29, 0.717) is 16.9 Å². The van der Waals surface area contributed by atoms with Gasteiger partial charge in [-0.3, -0.25) is 9.78 Å². The van der Waals surface area contributed by atoms with E-state index in [1.165, 1.54) is 0 Å². The Morgan fingerprint density at radius 3 is 2.38 bits per heavy atom. The number of ether oxygens (including phenoxy) is 1. The molecule has 2 aromatic carbocycles. The molecule has 0 unspecified atom stereocenters. The zero-order valence-corrected chi connectivity index (χ0v) is 16.4. The van der Waals surface area contributed by atoms with Crippen LogP contribution in [0.25, 0.3) is 11.1 Å². The van der Waals surface area contributed by atoms with Crippen molar-refractivity contribution in [2.24, 2.45) is 0 Å². The maximum Gasteiger partial charge on any atom is 0.407 e. The lowest BCUT2D eigenvalue weighted by atomic mass is 9.98. The standard InChI is InChI=1S/C23H23N3O3/c1-16(2)29-23(28)25-15-17-9-6-7-12-19(17)20-13-8-14-24-21(20)22(27)26-18-10-4-3-5-11-18/h3-14,16H,15H2,1-2H3,(H,25,28)(H,26,27). The van der Waals surface area contributed by atoms with Gasteiger partial charge in [-0.15, -0.1) is 0 Å². The summed E-state index contributed by atoms with van der Waals surface area (Å²) in [5, 5.41) is 5.62. The summed E-state index contributed by atoms with van der Waals surface area (Å²) in [4.78, 5) is 29.0. The Bertz CT molecular complexity index is 987. The van der Waals surface area contributed by atoms with Crippen LogP contribution in [-0.2, 0) is 11.3 Å². The second kappa shape index (κ2) is 9.50. The molecule has 1 aromatic heterocycles. The summed E-state index contributed by atoms with van der Waals surface area (Å²) in [6.07, 6.45) is 0.907. The Kier molecular flexibility index (Phi) is 6.58. The summed E-state index contributed by atoms with van der Waals surface area (Å²) >= 11 is 0. The van der Waals surface area contributed by atoms with Crippen LogP contribution < -0.4 is 10.6 Å². The van der Waals surface area contributed by atoms with Gasteiger partial charge in [0.05, 0.1) is 6.10 Å². The van der Waals surface area contributed by atoms with Crippen LogP contribution in [0.1, 0.15) is 29.9 Å². The van der Waals surface area contributed by atoms with Gasteiger partial charge in [0.15, 0.2) is 0 Å². The van der Waals surface area contributed by atoms with Gasteiger partial charge in [0.25, 0.3) is 5.91 Å². The number of pyridine rings is 1. The molecule has 0 aliphatic rings. The number of anilines is 1. The third kappa shape index (κ3) is 5.42. The number of carbonyl (C=O) groups is 2. The largest absolute Gasteiger partial charge is 0.447 e. The number of para-hydroxylation sites is 1. The molecule has 6 heteroatoms. The van der Waals surface area contributed by atoms with E-state index in [1.807, 2.05) is 60.7 Å². The van der Waals surface area contributed by atoms with Gasteiger partial charge in [0.2, 0.25) is 0 Å². The SMILES string of the molecule is CC(C)OC(=O)NCc1ccccc1-c1cccnc1C(=O)Nc1ccccc1. The highest BCUT2D eigenvalue weighted by Crippen LogP contribution is 2.26. The molecule has 0 atom stereocenters. The predicted octanol–water partition coefficient (Wildman–Crippen LogP) is 4.64. The molecule has 0 fully saturated rings. The zero-order chi connectivity index (χ0) is 20.6. The van der Waals surface area contributed by atoms with Crippen molar-refractivity contribution in [2.75, 3.05) is 5.32 Å². The first-order valence-electron chi connectivity index (χ1n) is 9.39. The molecule has 3 aromatic rings. The number of hydrogen-bond donors (Lipinski definition) is 2. The molecule has 2 N–H and O–H groups in total. The van der Waals surface area contributed by atoms with Crippen molar-refractivity contribution in [3.63, 3.8) is 0 Å². The summed E-state index contributed by atoms with van der Waals surface area (Å²) in [6, 6.07) is 20.4. The number of carbonyl (C=O) groups excluding carboxylic acids is 2. The monoisotopic (exact) mass is 389 g/mol. The van der Waals surface area contributed by atoms with Crippen molar-refractivity contribution in [1.82, 2.24) is 10.3 Å². The quantitative estimate of drug-likeness (QED) is 0.644. The van der Waals surface area contributed by atoms with E-state index in [9.17, 15) is 9.59 Å². The van der Waals surface area contributed by atoms with E-state index in [1.54, 1.807) is 26.1 Å². The lowest BCUT2D eigenvalue weighted by Gasteiger charge is -2.14. The molecule has 148 valence electrons. The topological polar surface area (TPSA) is 80.3 Å². The molecule has 0 bridgehead atoms. The van der Waals surface area contributed by atoms with E-state index >= 15 is 0 Å². The number of rotatable bonds is 6. The van der Waals surface area contributed by atoms with Crippen LogP contribution in [-0.4, -0.2) is 23.1 Å². The summed E-state index contributed by atoms with van der Waals surface area (Å²) in [7, 11) is 0. The third-order valence-electron chi connectivity index (χ3n) is 4.13. The van der Waals surface area contributed by atoms with Crippen LogP contribution in [0.3, 0.4) is 0 Å².